The Morgan fingerprint density at radius 2 is 1.80 bits per heavy atom. The van der Waals surface area contributed by atoms with E-state index in [1.807, 2.05) is 30.3 Å². The molecule has 1 aliphatic rings. The second kappa shape index (κ2) is 7.76. The zero-order valence-corrected chi connectivity index (χ0v) is 14.5. The van der Waals surface area contributed by atoms with Gasteiger partial charge in [-0.1, -0.05) is 66.4 Å². The van der Waals surface area contributed by atoms with Crippen molar-refractivity contribution in [3.05, 3.63) is 70.6 Å². The lowest BCUT2D eigenvalue weighted by Gasteiger charge is -2.14. The van der Waals surface area contributed by atoms with Crippen molar-refractivity contribution in [2.24, 2.45) is 0 Å². The van der Waals surface area contributed by atoms with Crippen molar-refractivity contribution < 1.29 is 18.3 Å². The molecule has 1 amide bonds. The number of hydrogen-bond donors (Lipinski definition) is 0. The predicted octanol–water partition coefficient (Wildman–Crippen LogP) is 4.69. The highest BCUT2D eigenvalue weighted by molar-refractivity contribution is 8.26. The first-order chi connectivity index (χ1) is 12.0. The molecule has 3 rings (SSSR count). The molecule has 128 valence electrons. The van der Waals surface area contributed by atoms with E-state index in [2.05, 4.69) is 4.74 Å². The van der Waals surface area contributed by atoms with E-state index in [9.17, 15) is 13.6 Å². The molecule has 1 fully saturated rings. The summed E-state index contributed by atoms with van der Waals surface area (Å²) in [4.78, 5) is 14.6. The lowest BCUT2D eigenvalue weighted by Crippen LogP contribution is -2.27. The van der Waals surface area contributed by atoms with Gasteiger partial charge in [-0.05, 0) is 29.3 Å². The van der Waals surface area contributed by atoms with Gasteiger partial charge in [-0.25, -0.2) is 0 Å². The van der Waals surface area contributed by atoms with Gasteiger partial charge in [0.25, 0.3) is 5.91 Å². The lowest BCUT2D eigenvalue weighted by atomic mass is 10.2. The average Bonchev–Trinajstić information content (AvgIpc) is 2.85. The van der Waals surface area contributed by atoms with Gasteiger partial charge >= 0.3 is 6.61 Å². The topological polar surface area (TPSA) is 29.5 Å². The van der Waals surface area contributed by atoms with Gasteiger partial charge in [-0.15, -0.1) is 0 Å². The summed E-state index contributed by atoms with van der Waals surface area (Å²) in [5, 5.41) is 0. The monoisotopic (exact) mass is 377 g/mol. The van der Waals surface area contributed by atoms with Crippen LogP contribution in [-0.4, -0.2) is 21.7 Å². The van der Waals surface area contributed by atoms with Crippen molar-refractivity contribution in [2.45, 2.75) is 13.2 Å². The molecule has 25 heavy (non-hydrogen) atoms. The Bertz CT molecular complexity index is 808. The van der Waals surface area contributed by atoms with E-state index in [-0.39, 0.29) is 11.7 Å². The maximum Gasteiger partial charge on any atom is 0.387 e. The number of alkyl halides is 2. The third-order valence-electron chi connectivity index (χ3n) is 3.46. The first-order valence-corrected chi connectivity index (χ1v) is 8.59. The van der Waals surface area contributed by atoms with Gasteiger partial charge in [-0.2, -0.15) is 8.78 Å². The van der Waals surface area contributed by atoms with Crippen molar-refractivity contribution in [3.63, 3.8) is 0 Å². The Kier molecular flexibility index (Phi) is 5.45. The SMILES string of the molecule is O=C1/C(=C/c2ccc(OC(F)F)cc2)SC(=S)N1Cc1ccccc1. The summed E-state index contributed by atoms with van der Waals surface area (Å²) in [6, 6.07) is 15.7. The summed E-state index contributed by atoms with van der Waals surface area (Å²) in [6.45, 7) is -2.44. The van der Waals surface area contributed by atoms with Crippen LogP contribution in [0.5, 0.6) is 5.75 Å². The highest BCUT2D eigenvalue weighted by Gasteiger charge is 2.31. The van der Waals surface area contributed by atoms with Crippen molar-refractivity contribution >= 4 is 40.3 Å². The van der Waals surface area contributed by atoms with Gasteiger partial charge < -0.3 is 4.74 Å². The van der Waals surface area contributed by atoms with Gasteiger partial charge in [0.1, 0.15) is 10.1 Å². The molecule has 3 nitrogen and oxygen atoms in total. The summed E-state index contributed by atoms with van der Waals surface area (Å²) in [7, 11) is 0. The number of hydrogen-bond acceptors (Lipinski definition) is 4. The number of rotatable bonds is 5. The van der Waals surface area contributed by atoms with Crippen molar-refractivity contribution in [2.75, 3.05) is 0 Å². The standard InChI is InChI=1S/C18H13F2NO2S2/c19-17(20)23-14-8-6-12(7-9-14)10-15-16(22)21(18(24)25-15)11-13-4-2-1-3-5-13/h1-10,17H,11H2/b15-10-. The smallest absolute Gasteiger partial charge is 0.387 e. The number of amides is 1. The minimum Gasteiger partial charge on any atom is -0.435 e. The van der Waals surface area contributed by atoms with Crippen LogP contribution in [0.25, 0.3) is 6.08 Å². The van der Waals surface area contributed by atoms with Gasteiger partial charge in [0.2, 0.25) is 0 Å². The number of carbonyl (C=O) groups excluding carboxylic acids is 1. The lowest BCUT2D eigenvalue weighted by molar-refractivity contribution is -0.122. The largest absolute Gasteiger partial charge is 0.435 e. The van der Waals surface area contributed by atoms with Crippen LogP contribution in [0.3, 0.4) is 0 Å². The fourth-order valence-corrected chi connectivity index (χ4v) is 3.55. The molecule has 0 unspecified atom stereocenters. The van der Waals surface area contributed by atoms with Crippen molar-refractivity contribution in [3.8, 4) is 5.75 Å². The number of carbonyl (C=O) groups is 1. The second-order valence-corrected chi connectivity index (χ2v) is 6.88. The number of ether oxygens (including phenoxy) is 1. The summed E-state index contributed by atoms with van der Waals surface area (Å²) in [5.74, 6) is -0.0875. The fourth-order valence-electron chi connectivity index (χ4n) is 2.30. The molecular formula is C18H13F2NO2S2. The van der Waals surface area contributed by atoms with E-state index in [4.69, 9.17) is 12.2 Å². The quantitative estimate of drug-likeness (QED) is 0.559. The van der Waals surface area contributed by atoms with Crippen molar-refractivity contribution in [1.29, 1.82) is 0 Å². The minimum atomic E-state index is -2.86. The first-order valence-electron chi connectivity index (χ1n) is 7.37. The first kappa shape index (κ1) is 17.6. The highest BCUT2D eigenvalue weighted by atomic mass is 32.2. The molecule has 0 aliphatic carbocycles. The van der Waals surface area contributed by atoms with Crippen molar-refractivity contribution in [1.82, 2.24) is 4.90 Å². The zero-order chi connectivity index (χ0) is 17.8. The van der Waals surface area contributed by atoms with Gasteiger partial charge in [0.05, 0.1) is 11.4 Å². The molecule has 0 bridgehead atoms. The Balaban J connectivity index is 1.73. The molecule has 2 aromatic rings. The second-order valence-electron chi connectivity index (χ2n) is 5.20. The molecule has 0 atom stereocenters. The van der Waals surface area contributed by atoms with E-state index in [1.165, 1.54) is 23.9 Å². The Morgan fingerprint density at radius 3 is 2.44 bits per heavy atom. The number of thioether (sulfide) groups is 1. The summed E-state index contributed by atoms with van der Waals surface area (Å²) in [5.41, 5.74) is 1.70. The van der Waals surface area contributed by atoms with Crippen LogP contribution in [-0.2, 0) is 11.3 Å². The minimum absolute atomic E-state index is 0.0729. The summed E-state index contributed by atoms with van der Waals surface area (Å²) >= 11 is 6.53. The van der Waals surface area contributed by atoms with Gasteiger partial charge in [-0.3, -0.25) is 9.69 Å². The molecule has 0 saturated carbocycles. The van der Waals surface area contributed by atoms with E-state index in [0.717, 1.165) is 5.56 Å². The maximum absolute atomic E-state index is 12.6. The molecule has 0 spiro atoms. The third-order valence-corrected chi connectivity index (χ3v) is 4.84. The zero-order valence-electron chi connectivity index (χ0n) is 12.9. The van der Waals surface area contributed by atoms with Crippen LogP contribution in [0.4, 0.5) is 8.78 Å². The van der Waals surface area contributed by atoms with Crippen LogP contribution in [0.2, 0.25) is 0 Å². The van der Waals surface area contributed by atoms with Crippen LogP contribution in [0.15, 0.2) is 59.5 Å². The average molecular weight is 377 g/mol. The number of thiocarbonyl (C=S) groups is 1. The van der Waals surface area contributed by atoms with E-state index < -0.39 is 6.61 Å². The van der Waals surface area contributed by atoms with E-state index in [1.54, 1.807) is 23.1 Å². The van der Waals surface area contributed by atoms with Gasteiger partial charge in [0.15, 0.2) is 0 Å². The van der Waals surface area contributed by atoms with E-state index >= 15 is 0 Å². The molecular weight excluding hydrogens is 364 g/mol. The molecule has 1 saturated heterocycles. The summed E-state index contributed by atoms with van der Waals surface area (Å²) < 4.78 is 29.1. The molecule has 7 heteroatoms. The molecule has 0 N–H and O–H groups in total. The maximum atomic E-state index is 12.6. The molecule has 2 aromatic carbocycles. The Hall–Kier alpha value is -2.25. The molecule has 1 heterocycles. The van der Waals surface area contributed by atoms with Crippen LogP contribution < -0.4 is 4.74 Å². The van der Waals surface area contributed by atoms with Crippen LogP contribution >= 0.6 is 24.0 Å². The molecule has 1 aliphatic heterocycles. The number of halogens is 2. The Morgan fingerprint density at radius 1 is 1.12 bits per heavy atom. The summed E-state index contributed by atoms with van der Waals surface area (Å²) in [6.07, 6.45) is 1.69. The third kappa shape index (κ3) is 4.43. The number of benzene rings is 2. The number of nitrogens with zero attached hydrogens (tertiary/aromatic N) is 1. The van der Waals surface area contributed by atoms with Crippen LogP contribution in [0, 0.1) is 0 Å². The molecule has 0 radical (unpaired) electrons. The normalized spacial score (nSPS) is 16.1. The van der Waals surface area contributed by atoms with E-state index in [0.29, 0.717) is 21.3 Å². The highest BCUT2D eigenvalue weighted by Crippen LogP contribution is 2.33. The van der Waals surface area contributed by atoms with Crippen LogP contribution in [0.1, 0.15) is 11.1 Å². The van der Waals surface area contributed by atoms with Gasteiger partial charge in [0, 0.05) is 0 Å². The fraction of sp³-hybridized carbons (Fsp3) is 0.111. The Labute approximate surface area is 153 Å². The predicted molar refractivity (Wildman–Crippen MR) is 98.2 cm³/mol. The molecule has 0 aromatic heterocycles.